The lowest BCUT2D eigenvalue weighted by atomic mass is 10.3. The summed E-state index contributed by atoms with van der Waals surface area (Å²) in [5.74, 6) is 0. The lowest BCUT2D eigenvalue weighted by Gasteiger charge is -1.88. The van der Waals surface area contributed by atoms with E-state index >= 15 is 0 Å². The van der Waals surface area contributed by atoms with Gasteiger partial charge in [-0.15, -0.1) is 0 Å². The summed E-state index contributed by atoms with van der Waals surface area (Å²) < 4.78 is 0. The second kappa shape index (κ2) is 12.1. The van der Waals surface area contributed by atoms with Gasteiger partial charge in [0.1, 0.15) is 0 Å². The van der Waals surface area contributed by atoms with Crippen molar-refractivity contribution in [2.75, 3.05) is 13.1 Å². The predicted molar refractivity (Wildman–Crippen MR) is 46.1 cm³/mol. The number of nitrogens with zero attached hydrogens (tertiary/aromatic N) is 1. The molecule has 3 nitrogen and oxygen atoms in total. The monoisotopic (exact) mass is 158 g/mol. The average Bonchev–Trinajstić information content (AvgIpc) is 1.90. The minimum Gasteiger partial charge on any atom is -0.392 e. The van der Waals surface area contributed by atoms with Crippen LogP contribution in [0.5, 0.6) is 0 Å². The third-order valence-corrected chi connectivity index (χ3v) is 0.887. The Morgan fingerprint density at radius 2 is 1.91 bits per heavy atom. The van der Waals surface area contributed by atoms with Gasteiger partial charge in [0.25, 0.3) is 0 Å². The molecule has 0 aromatic carbocycles. The smallest absolute Gasteiger partial charge is 0.0648 e. The van der Waals surface area contributed by atoms with Gasteiger partial charge in [0.2, 0.25) is 0 Å². The lowest BCUT2D eigenvalue weighted by Crippen LogP contribution is -2.09. The molecule has 0 aliphatic carbocycles. The van der Waals surface area contributed by atoms with Crippen molar-refractivity contribution in [3.05, 3.63) is 0 Å². The molecular formula is C8H18N2O. The van der Waals surface area contributed by atoms with Crippen molar-refractivity contribution < 1.29 is 5.11 Å². The van der Waals surface area contributed by atoms with Crippen molar-refractivity contribution in [3.63, 3.8) is 0 Å². The van der Waals surface area contributed by atoms with Crippen LogP contribution < -0.4 is 5.32 Å². The zero-order valence-corrected chi connectivity index (χ0v) is 7.59. The van der Waals surface area contributed by atoms with Gasteiger partial charge in [0.15, 0.2) is 0 Å². The van der Waals surface area contributed by atoms with E-state index in [4.69, 9.17) is 10.4 Å². The van der Waals surface area contributed by atoms with E-state index in [1.807, 2.05) is 6.07 Å². The van der Waals surface area contributed by atoms with Gasteiger partial charge in [-0.1, -0.05) is 13.8 Å². The molecule has 0 amide bonds. The summed E-state index contributed by atoms with van der Waals surface area (Å²) in [6, 6.07) is 1.82. The van der Waals surface area contributed by atoms with Crippen LogP contribution in [0.2, 0.25) is 0 Å². The molecule has 1 unspecified atom stereocenters. The van der Waals surface area contributed by atoms with Gasteiger partial charge in [0.05, 0.1) is 18.6 Å². The Bertz CT molecular complexity index is 94.8. The van der Waals surface area contributed by atoms with E-state index in [-0.39, 0.29) is 6.42 Å². The summed E-state index contributed by atoms with van der Waals surface area (Å²) in [5.41, 5.74) is 0. The summed E-state index contributed by atoms with van der Waals surface area (Å²) >= 11 is 0. The quantitative estimate of drug-likeness (QED) is 0.641. The Balaban J connectivity index is 0. The second-order valence-corrected chi connectivity index (χ2v) is 2.17. The molecule has 0 aromatic heterocycles. The van der Waals surface area contributed by atoms with Crippen molar-refractivity contribution >= 4 is 0 Å². The molecule has 0 aliphatic heterocycles. The van der Waals surface area contributed by atoms with E-state index < -0.39 is 6.10 Å². The zero-order valence-electron chi connectivity index (χ0n) is 7.59. The molecule has 0 spiro atoms. The highest BCUT2D eigenvalue weighted by atomic mass is 16.3. The van der Waals surface area contributed by atoms with E-state index in [0.717, 1.165) is 13.1 Å². The van der Waals surface area contributed by atoms with Crippen LogP contribution in [0.1, 0.15) is 27.2 Å². The van der Waals surface area contributed by atoms with Gasteiger partial charge >= 0.3 is 0 Å². The van der Waals surface area contributed by atoms with Crippen molar-refractivity contribution in [1.29, 1.82) is 5.26 Å². The second-order valence-electron chi connectivity index (χ2n) is 2.17. The molecule has 11 heavy (non-hydrogen) atoms. The number of nitrogens with one attached hydrogen (secondary N) is 1. The Labute approximate surface area is 69.0 Å². The van der Waals surface area contributed by atoms with Crippen LogP contribution in [0, 0.1) is 11.3 Å². The first-order valence-corrected chi connectivity index (χ1v) is 3.94. The van der Waals surface area contributed by atoms with Crippen LogP contribution in [-0.2, 0) is 0 Å². The fourth-order valence-corrected chi connectivity index (χ4v) is 0.382. The van der Waals surface area contributed by atoms with Crippen LogP contribution in [-0.4, -0.2) is 24.3 Å². The van der Waals surface area contributed by atoms with Crippen molar-refractivity contribution in [3.8, 4) is 6.07 Å². The number of rotatable bonds is 3. The van der Waals surface area contributed by atoms with E-state index in [9.17, 15) is 0 Å². The highest BCUT2D eigenvalue weighted by Gasteiger charge is 1.87. The van der Waals surface area contributed by atoms with Crippen LogP contribution in [0.3, 0.4) is 0 Å². The molecule has 3 heteroatoms. The maximum absolute atomic E-state index is 8.33. The number of hydrogen-bond acceptors (Lipinski definition) is 3. The summed E-state index contributed by atoms with van der Waals surface area (Å²) in [5, 5.41) is 19.3. The van der Waals surface area contributed by atoms with Gasteiger partial charge < -0.3 is 10.4 Å². The average molecular weight is 158 g/mol. The molecular weight excluding hydrogens is 140 g/mol. The van der Waals surface area contributed by atoms with Gasteiger partial charge in [-0.05, 0) is 20.0 Å². The molecule has 0 heterocycles. The van der Waals surface area contributed by atoms with Gasteiger partial charge in [-0.25, -0.2) is 0 Å². The van der Waals surface area contributed by atoms with E-state index in [2.05, 4.69) is 19.2 Å². The molecule has 1 atom stereocenters. The van der Waals surface area contributed by atoms with Crippen molar-refractivity contribution in [2.45, 2.75) is 33.3 Å². The Kier molecular flexibility index (Phi) is 14.4. The molecule has 0 saturated carbocycles. The van der Waals surface area contributed by atoms with E-state index in [1.165, 1.54) is 0 Å². The van der Waals surface area contributed by atoms with Crippen molar-refractivity contribution in [2.24, 2.45) is 0 Å². The van der Waals surface area contributed by atoms with E-state index in [1.54, 1.807) is 6.92 Å². The number of nitriles is 1. The number of aliphatic hydroxyl groups excluding tert-OH is 1. The standard InChI is InChI=1S/C4H7NO.C4H11N/c1-4(6)2-3-5;1-3-5-4-2/h4,6H,2H2,1H3;5H,3-4H2,1-2H3. The normalized spacial score (nSPS) is 10.8. The van der Waals surface area contributed by atoms with Crippen LogP contribution in [0.25, 0.3) is 0 Å². The third kappa shape index (κ3) is 26.6. The van der Waals surface area contributed by atoms with Crippen LogP contribution in [0.4, 0.5) is 0 Å². The maximum atomic E-state index is 8.33. The Hall–Kier alpha value is -0.590. The highest BCUT2D eigenvalue weighted by molar-refractivity contribution is 4.71. The molecule has 0 radical (unpaired) electrons. The topological polar surface area (TPSA) is 56.0 Å². The molecule has 0 aliphatic rings. The van der Waals surface area contributed by atoms with Crippen LogP contribution >= 0.6 is 0 Å². The van der Waals surface area contributed by atoms with Gasteiger partial charge in [-0.2, -0.15) is 5.26 Å². The summed E-state index contributed by atoms with van der Waals surface area (Å²) in [6.45, 7) is 7.98. The summed E-state index contributed by atoms with van der Waals surface area (Å²) in [4.78, 5) is 0. The fourth-order valence-electron chi connectivity index (χ4n) is 0.382. The van der Waals surface area contributed by atoms with E-state index in [0.29, 0.717) is 0 Å². The Morgan fingerprint density at radius 1 is 1.45 bits per heavy atom. The molecule has 0 aromatic rings. The largest absolute Gasteiger partial charge is 0.392 e. The third-order valence-electron chi connectivity index (χ3n) is 0.887. The maximum Gasteiger partial charge on any atom is 0.0648 e. The number of aliphatic hydroxyl groups is 1. The Morgan fingerprint density at radius 3 is 1.91 bits per heavy atom. The molecule has 0 saturated heterocycles. The predicted octanol–water partition coefficient (Wildman–Crippen LogP) is 0.897. The minimum absolute atomic E-state index is 0.236. The zero-order chi connectivity index (χ0) is 9.11. The summed E-state index contributed by atoms with van der Waals surface area (Å²) in [6.07, 6.45) is -0.227. The molecule has 0 bridgehead atoms. The minimum atomic E-state index is -0.463. The first-order valence-electron chi connectivity index (χ1n) is 3.94. The lowest BCUT2D eigenvalue weighted by molar-refractivity contribution is 0.200. The van der Waals surface area contributed by atoms with Crippen molar-refractivity contribution in [1.82, 2.24) is 5.32 Å². The molecule has 0 fully saturated rings. The summed E-state index contributed by atoms with van der Waals surface area (Å²) in [7, 11) is 0. The SMILES string of the molecule is CC(O)CC#N.CCNCC. The van der Waals surface area contributed by atoms with Gasteiger partial charge in [0, 0.05) is 0 Å². The van der Waals surface area contributed by atoms with Gasteiger partial charge in [-0.3, -0.25) is 0 Å². The molecule has 2 N–H and O–H groups in total. The highest BCUT2D eigenvalue weighted by Crippen LogP contribution is 1.82. The fraction of sp³-hybridized carbons (Fsp3) is 0.875. The molecule has 0 rings (SSSR count). The molecule has 66 valence electrons. The number of hydrogen-bond donors (Lipinski definition) is 2. The first kappa shape index (κ1) is 13.0. The first-order chi connectivity index (χ1) is 5.18. The van der Waals surface area contributed by atoms with Crippen LogP contribution in [0.15, 0.2) is 0 Å².